The molecule has 5 heteroatoms. The lowest BCUT2D eigenvalue weighted by molar-refractivity contribution is 0.414. The van der Waals surface area contributed by atoms with E-state index in [2.05, 4.69) is 4.98 Å². The lowest BCUT2D eigenvalue weighted by Gasteiger charge is -2.11. The molecule has 2 N–H and O–H groups in total. The number of imidazole rings is 1. The molecule has 0 fully saturated rings. The average Bonchev–Trinajstić information content (AvgIpc) is 2.77. The third-order valence-corrected chi connectivity index (χ3v) is 3.62. The molecule has 0 aliphatic rings. The summed E-state index contributed by atoms with van der Waals surface area (Å²) >= 11 is 0. The van der Waals surface area contributed by atoms with Crippen LogP contribution in [0.1, 0.15) is 11.1 Å². The molecule has 2 aromatic heterocycles. The molecule has 108 valence electrons. The van der Waals surface area contributed by atoms with Gasteiger partial charge in [0.15, 0.2) is 11.5 Å². The molecule has 4 nitrogen and oxygen atoms in total. The summed E-state index contributed by atoms with van der Waals surface area (Å²) in [6.07, 6.45) is 1.71. The van der Waals surface area contributed by atoms with E-state index in [-0.39, 0.29) is 11.5 Å². The number of fused-ring (bicyclic) bond motifs is 1. The van der Waals surface area contributed by atoms with Gasteiger partial charge in [-0.05, 0) is 49.2 Å². The first-order chi connectivity index (χ1) is 10.0. The molecule has 0 saturated carbocycles. The summed E-state index contributed by atoms with van der Waals surface area (Å²) in [5.41, 5.74) is 9.87. The molecular weight excluding hydrogens is 269 g/mol. The van der Waals surface area contributed by atoms with Crippen molar-refractivity contribution in [2.75, 3.05) is 12.8 Å². The Morgan fingerprint density at radius 2 is 1.90 bits per heavy atom. The Labute approximate surface area is 122 Å². The van der Waals surface area contributed by atoms with Crippen LogP contribution in [0.25, 0.3) is 16.9 Å². The van der Waals surface area contributed by atoms with E-state index in [0.29, 0.717) is 11.5 Å². The van der Waals surface area contributed by atoms with E-state index in [1.165, 1.54) is 6.07 Å². The average molecular weight is 285 g/mol. The van der Waals surface area contributed by atoms with Gasteiger partial charge in [0.1, 0.15) is 17.3 Å². The number of aryl methyl sites for hydroxylation is 2. The predicted molar refractivity (Wildman–Crippen MR) is 81.0 cm³/mol. The van der Waals surface area contributed by atoms with Crippen LogP contribution in [0.15, 0.2) is 30.5 Å². The van der Waals surface area contributed by atoms with E-state index in [4.69, 9.17) is 10.5 Å². The lowest BCUT2D eigenvalue weighted by atomic mass is 9.99. The number of methoxy groups -OCH3 is 1. The minimum atomic E-state index is -0.390. The summed E-state index contributed by atoms with van der Waals surface area (Å²) < 4.78 is 20.7. The Kier molecular flexibility index (Phi) is 3.05. The topological polar surface area (TPSA) is 52.5 Å². The standard InChI is InChI=1S/C16H16FN3O/c1-9-7-11(21-3)8-10(2)13(9)14-15(18)20-6-4-5-12(17)16(20)19-14/h4-8H,18H2,1-3H3. The smallest absolute Gasteiger partial charge is 0.175 e. The number of hydrogen-bond donors (Lipinski definition) is 1. The summed E-state index contributed by atoms with van der Waals surface area (Å²) in [5.74, 6) is 0.822. The number of rotatable bonds is 2. The van der Waals surface area contributed by atoms with Crippen LogP contribution in [0.2, 0.25) is 0 Å². The predicted octanol–water partition coefficient (Wildman–Crippen LogP) is 3.35. The molecule has 0 aliphatic carbocycles. The van der Waals surface area contributed by atoms with Crippen LogP contribution < -0.4 is 10.5 Å². The number of halogens is 1. The van der Waals surface area contributed by atoms with Crippen LogP contribution in [0.5, 0.6) is 5.75 Å². The molecule has 0 unspecified atom stereocenters. The molecule has 0 spiro atoms. The number of pyridine rings is 1. The summed E-state index contributed by atoms with van der Waals surface area (Å²) in [7, 11) is 1.63. The Bertz CT molecular complexity index is 816. The Morgan fingerprint density at radius 3 is 2.48 bits per heavy atom. The van der Waals surface area contributed by atoms with Crippen molar-refractivity contribution in [1.29, 1.82) is 0 Å². The van der Waals surface area contributed by atoms with Crippen LogP contribution in [-0.4, -0.2) is 16.5 Å². The van der Waals surface area contributed by atoms with Crippen LogP contribution in [0, 0.1) is 19.7 Å². The van der Waals surface area contributed by atoms with Crippen molar-refractivity contribution in [1.82, 2.24) is 9.38 Å². The number of aromatic nitrogens is 2. The largest absolute Gasteiger partial charge is 0.497 e. The third-order valence-electron chi connectivity index (χ3n) is 3.62. The van der Waals surface area contributed by atoms with E-state index in [1.54, 1.807) is 23.8 Å². The molecule has 0 saturated heterocycles. The summed E-state index contributed by atoms with van der Waals surface area (Å²) in [5, 5.41) is 0. The van der Waals surface area contributed by atoms with Gasteiger partial charge in [-0.15, -0.1) is 0 Å². The van der Waals surface area contributed by atoms with Gasteiger partial charge in [-0.3, -0.25) is 4.40 Å². The maximum Gasteiger partial charge on any atom is 0.175 e. The van der Waals surface area contributed by atoms with Crippen molar-refractivity contribution < 1.29 is 9.13 Å². The Balaban J connectivity index is 2.31. The van der Waals surface area contributed by atoms with Gasteiger partial charge >= 0.3 is 0 Å². The Hall–Kier alpha value is -2.56. The minimum absolute atomic E-state index is 0.236. The van der Waals surface area contributed by atoms with Gasteiger partial charge in [-0.25, -0.2) is 9.37 Å². The molecule has 0 bridgehead atoms. The quantitative estimate of drug-likeness (QED) is 0.785. The monoisotopic (exact) mass is 285 g/mol. The summed E-state index contributed by atoms with van der Waals surface area (Å²) in [6.45, 7) is 3.93. The van der Waals surface area contributed by atoms with Crippen LogP contribution in [0.3, 0.4) is 0 Å². The molecule has 21 heavy (non-hydrogen) atoms. The van der Waals surface area contributed by atoms with Crippen molar-refractivity contribution in [2.45, 2.75) is 13.8 Å². The number of nitrogens with zero attached hydrogens (tertiary/aromatic N) is 2. The van der Waals surface area contributed by atoms with Gasteiger partial charge < -0.3 is 10.5 Å². The number of benzene rings is 1. The molecule has 3 rings (SSSR count). The van der Waals surface area contributed by atoms with E-state index in [9.17, 15) is 4.39 Å². The summed E-state index contributed by atoms with van der Waals surface area (Å²) in [6, 6.07) is 6.82. The molecule has 0 atom stereocenters. The first-order valence-electron chi connectivity index (χ1n) is 6.60. The highest BCUT2D eigenvalue weighted by Crippen LogP contribution is 2.34. The molecular formula is C16H16FN3O. The zero-order valence-electron chi connectivity index (χ0n) is 12.1. The number of ether oxygens (including phenoxy) is 1. The number of hydrogen-bond acceptors (Lipinski definition) is 3. The van der Waals surface area contributed by atoms with Crippen LogP contribution >= 0.6 is 0 Å². The number of nitrogen functional groups attached to an aromatic ring is 1. The zero-order valence-corrected chi connectivity index (χ0v) is 12.1. The minimum Gasteiger partial charge on any atom is -0.497 e. The van der Waals surface area contributed by atoms with Crippen molar-refractivity contribution >= 4 is 11.5 Å². The van der Waals surface area contributed by atoms with Gasteiger partial charge in [-0.2, -0.15) is 0 Å². The van der Waals surface area contributed by atoms with Crippen LogP contribution in [0.4, 0.5) is 10.2 Å². The van der Waals surface area contributed by atoms with Crippen molar-refractivity contribution in [3.8, 4) is 17.0 Å². The van der Waals surface area contributed by atoms with Crippen molar-refractivity contribution in [2.24, 2.45) is 0 Å². The summed E-state index contributed by atoms with van der Waals surface area (Å²) in [4.78, 5) is 4.38. The second-order valence-corrected chi connectivity index (χ2v) is 5.03. The normalized spacial score (nSPS) is 11.0. The number of anilines is 1. The molecule has 3 aromatic rings. The third kappa shape index (κ3) is 2.01. The number of nitrogens with two attached hydrogens (primary N) is 1. The van der Waals surface area contributed by atoms with Crippen LogP contribution in [-0.2, 0) is 0 Å². The molecule has 0 radical (unpaired) electrons. The Morgan fingerprint density at radius 1 is 1.24 bits per heavy atom. The molecule has 0 amide bonds. The van der Waals surface area contributed by atoms with E-state index in [0.717, 1.165) is 22.4 Å². The first-order valence-corrected chi connectivity index (χ1v) is 6.60. The highest BCUT2D eigenvalue weighted by molar-refractivity contribution is 5.79. The highest BCUT2D eigenvalue weighted by Gasteiger charge is 2.17. The maximum absolute atomic E-state index is 13.9. The molecule has 1 aromatic carbocycles. The SMILES string of the molecule is COc1cc(C)c(-c2nc3c(F)cccn3c2N)c(C)c1. The van der Waals surface area contributed by atoms with Gasteiger partial charge in [0.2, 0.25) is 0 Å². The van der Waals surface area contributed by atoms with Crippen molar-refractivity contribution in [3.63, 3.8) is 0 Å². The van der Waals surface area contributed by atoms with E-state index in [1.807, 2.05) is 26.0 Å². The van der Waals surface area contributed by atoms with Gasteiger partial charge in [0, 0.05) is 11.8 Å². The van der Waals surface area contributed by atoms with E-state index >= 15 is 0 Å². The van der Waals surface area contributed by atoms with Crippen molar-refractivity contribution in [3.05, 3.63) is 47.4 Å². The fraction of sp³-hybridized carbons (Fsp3) is 0.188. The van der Waals surface area contributed by atoms with E-state index < -0.39 is 0 Å². The molecule has 0 aliphatic heterocycles. The first kappa shape index (κ1) is 13.4. The second-order valence-electron chi connectivity index (χ2n) is 5.03. The fourth-order valence-electron chi connectivity index (χ4n) is 2.65. The fourth-order valence-corrected chi connectivity index (χ4v) is 2.65. The second kappa shape index (κ2) is 4.77. The molecule has 2 heterocycles. The van der Waals surface area contributed by atoms with Gasteiger partial charge in [-0.1, -0.05) is 0 Å². The zero-order chi connectivity index (χ0) is 15.1. The van der Waals surface area contributed by atoms with Gasteiger partial charge in [0.25, 0.3) is 0 Å². The maximum atomic E-state index is 13.9. The lowest BCUT2D eigenvalue weighted by Crippen LogP contribution is -1.97. The highest BCUT2D eigenvalue weighted by atomic mass is 19.1. The van der Waals surface area contributed by atoms with Gasteiger partial charge in [0.05, 0.1) is 7.11 Å².